The topological polar surface area (TPSA) is 72.8 Å². The Morgan fingerprint density at radius 3 is 2.16 bits per heavy atom. The number of hydrogen-bond donors (Lipinski definition) is 1. The van der Waals surface area contributed by atoms with Crippen LogP contribution in [-0.4, -0.2) is 35.9 Å². The molecule has 5 nitrogen and oxygen atoms in total. The zero-order chi connectivity index (χ0) is 14.7. The third kappa shape index (κ3) is 7.15. The summed E-state index contributed by atoms with van der Waals surface area (Å²) in [5.41, 5.74) is -1.75. The molecular formula is C14H26O5. The molecule has 0 bridgehead atoms. The molecule has 19 heavy (non-hydrogen) atoms. The van der Waals surface area contributed by atoms with E-state index in [9.17, 15) is 14.7 Å². The number of carbonyl (C=O) groups is 2. The molecule has 0 aromatic heterocycles. The molecule has 0 amide bonds. The first kappa shape index (κ1) is 17.9. The predicted molar refractivity (Wildman–Crippen MR) is 71.6 cm³/mol. The Kier molecular flexibility index (Phi) is 9.21. The van der Waals surface area contributed by atoms with Crippen LogP contribution in [0.5, 0.6) is 0 Å². The van der Waals surface area contributed by atoms with Gasteiger partial charge in [-0.15, -0.1) is 0 Å². The van der Waals surface area contributed by atoms with E-state index in [4.69, 9.17) is 9.47 Å². The third-order valence-corrected chi connectivity index (χ3v) is 2.84. The van der Waals surface area contributed by atoms with Crippen molar-refractivity contribution in [1.29, 1.82) is 0 Å². The summed E-state index contributed by atoms with van der Waals surface area (Å²) in [4.78, 5) is 23.3. The zero-order valence-corrected chi connectivity index (χ0v) is 12.2. The Labute approximate surface area is 115 Å². The highest BCUT2D eigenvalue weighted by Crippen LogP contribution is 2.22. The van der Waals surface area contributed by atoms with Gasteiger partial charge in [0.05, 0.1) is 19.6 Å². The molecule has 1 atom stereocenters. The minimum Gasteiger partial charge on any atom is -0.466 e. The van der Waals surface area contributed by atoms with Crippen LogP contribution < -0.4 is 0 Å². The van der Waals surface area contributed by atoms with Crippen LogP contribution in [0.4, 0.5) is 0 Å². The quantitative estimate of drug-likeness (QED) is 0.488. The van der Waals surface area contributed by atoms with Crippen LogP contribution in [0.25, 0.3) is 0 Å². The standard InChI is InChI=1S/C14H26O5/c1-4-7-8-9-10-14(17,13(16)19-6-3)11-12(15)18-5-2/h17H,4-11H2,1-3H3. The minimum absolute atomic E-state index is 0.179. The van der Waals surface area contributed by atoms with Gasteiger partial charge in [-0.2, -0.15) is 0 Å². The van der Waals surface area contributed by atoms with Crippen LogP contribution in [0, 0.1) is 0 Å². The Hall–Kier alpha value is -1.10. The van der Waals surface area contributed by atoms with Crippen LogP contribution >= 0.6 is 0 Å². The molecule has 0 aromatic carbocycles. The van der Waals surface area contributed by atoms with Gasteiger partial charge in [0.15, 0.2) is 5.60 Å². The monoisotopic (exact) mass is 274 g/mol. The number of esters is 2. The highest BCUT2D eigenvalue weighted by molar-refractivity contribution is 5.85. The first-order chi connectivity index (χ1) is 9.00. The molecule has 0 aromatic rings. The Bertz CT molecular complexity index is 277. The van der Waals surface area contributed by atoms with E-state index in [2.05, 4.69) is 6.92 Å². The number of rotatable bonds is 10. The molecule has 5 heteroatoms. The molecule has 0 heterocycles. The van der Waals surface area contributed by atoms with E-state index in [-0.39, 0.29) is 26.1 Å². The number of hydrogen-bond acceptors (Lipinski definition) is 5. The van der Waals surface area contributed by atoms with Crippen molar-refractivity contribution in [2.45, 2.75) is 64.9 Å². The molecule has 0 aliphatic heterocycles. The molecule has 1 N–H and O–H groups in total. The molecule has 0 fully saturated rings. The fraction of sp³-hybridized carbons (Fsp3) is 0.857. The van der Waals surface area contributed by atoms with Gasteiger partial charge in [0.1, 0.15) is 0 Å². The van der Waals surface area contributed by atoms with Crippen LogP contribution in [0.3, 0.4) is 0 Å². The van der Waals surface area contributed by atoms with Crippen molar-refractivity contribution in [2.75, 3.05) is 13.2 Å². The van der Waals surface area contributed by atoms with E-state index in [1.165, 1.54) is 0 Å². The molecule has 0 aliphatic carbocycles. The second-order valence-corrected chi connectivity index (χ2v) is 4.54. The molecule has 0 aliphatic rings. The summed E-state index contributed by atoms with van der Waals surface area (Å²) in [6.07, 6.45) is 3.59. The molecule has 0 spiro atoms. The summed E-state index contributed by atoms with van der Waals surface area (Å²) in [5, 5.41) is 10.3. The minimum atomic E-state index is -1.75. The predicted octanol–water partition coefficient (Wildman–Crippen LogP) is 2.20. The molecular weight excluding hydrogens is 248 g/mol. The zero-order valence-electron chi connectivity index (χ0n) is 12.2. The summed E-state index contributed by atoms with van der Waals surface area (Å²) in [6, 6.07) is 0. The van der Waals surface area contributed by atoms with Crippen molar-refractivity contribution in [2.24, 2.45) is 0 Å². The van der Waals surface area contributed by atoms with Crippen molar-refractivity contribution in [3.8, 4) is 0 Å². The first-order valence-corrected chi connectivity index (χ1v) is 7.05. The van der Waals surface area contributed by atoms with E-state index >= 15 is 0 Å². The molecule has 0 saturated heterocycles. The van der Waals surface area contributed by atoms with Gasteiger partial charge in [-0.3, -0.25) is 4.79 Å². The van der Waals surface area contributed by atoms with E-state index in [1.807, 2.05) is 0 Å². The number of unbranched alkanes of at least 4 members (excludes halogenated alkanes) is 3. The fourth-order valence-electron chi connectivity index (χ4n) is 1.82. The van der Waals surface area contributed by atoms with Crippen molar-refractivity contribution in [3.63, 3.8) is 0 Å². The average Bonchev–Trinajstić information content (AvgIpc) is 2.35. The largest absolute Gasteiger partial charge is 0.466 e. The summed E-state index contributed by atoms with van der Waals surface area (Å²) in [5.74, 6) is -1.31. The second kappa shape index (κ2) is 9.78. The summed E-state index contributed by atoms with van der Waals surface area (Å²) >= 11 is 0. The highest BCUT2D eigenvalue weighted by atomic mass is 16.6. The maximum absolute atomic E-state index is 11.8. The van der Waals surface area contributed by atoms with E-state index in [0.717, 1.165) is 19.3 Å². The summed E-state index contributed by atoms with van der Waals surface area (Å²) < 4.78 is 9.63. The van der Waals surface area contributed by atoms with Gasteiger partial charge in [0.25, 0.3) is 0 Å². The highest BCUT2D eigenvalue weighted by Gasteiger charge is 2.39. The number of carbonyl (C=O) groups excluding carboxylic acids is 2. The first-order valence-electron chi connectivity index (χ1n) is 7.05. The lowest BCUT2D eigenvalue weighted by atomic mass is 9.92. The van der Waals surface area contributed by atoms with Crippen molar-refractivity contribution < 1.29 is 24.2 Å². The lowest BCUT2D eigenvalue weighted by Gasteiger charge is -2.24. The Balaban J connectivity index is 4.52. The summed E-state index contributed by atoms with van der Waals surface area (Å²) in [7, 11) is 0. The van der Waals surface area contributed by atoms with Crippen LogP contribution in [0.1, 0.15) is 59.3 Å². The van der Waals surface area contributed by atoms with Crippen LogP contribution in [-0.2, 0) is 19.1 Å². The Morgan fingerprint density at radius 1 is 1.00 bits per heavy atom. The van der Waals surface area contributed by atoms with Crippen molar-refractivity contribution in [1.82, 2.24) is 0 Å². The maximum atomic E-state index is 11.8. The molecule has 0 radical (unpaired) electrons. The van der Waals surface area contributed by atoms with Gasteiger partial charge in [-0.1, -0.05) is 26.2 Å². The maximum Gasteiger partial charge on any atom is 0.338 e. The molecule has 112 valence electrons. The van der Waals surface area contributed by atoms with Gasteiger partial charge in [0, 0.05) is 0 Å². The van der Waals surface area contributed by atoms with Gasteiger partial charge in [0.2, 0.25) is 0 Å². The normalized spacial score (nSPS) is 13.7. The lowest BCUT2D eigenvalue weighted by molar-refractivity contribution is -0.173. The van der Waals surface area contributed by atoms with Gasteiger partial charge in [-0.25, -0.2) is 4.79 Å². The van der Waals surface area contributed by atoms with E-state index in [1.54, 1.807) is 13.8 Å². The van der Waals surface area contributed by atoms with E-state index < -0.39 is 17.5 Å². The number of aliphatic hydroxyl groups is 1. The third-order valence-electron chi connectivity index (χ3n) is 2.84. The SMILES string of the molecule is CCCCCCC(O)(CC(=O)OCC)C(=O)OCC. The molecule has 0 rings (SSSR count). The molecule has 1 unspecified atom stereocenters. The smallest absolute Gasteiger partial charge is 0.338 e. The fourth-order valence-corrected chi connectivity index (χ4v) is 1.82. The van der Waals surface area contributed by atoms with Crippen molar-refractivity contribution >= 4 is 11.9 Å². The van der Waals surface area contributed by atoms with Gasteiger partial charge in [-0.05, 0) is 26.7 Å². The van der Waals surface area contributed by atoms with Crippen LogP contribution in [0.15, 0.2) is 0 Å². The van der Waals surface area contributed by atoms with Gasteiger partial charge >= 0.3 is 11.9 Å². The second-order valence-electron chi connectivity index (χ2n) is 4.54. The molecule has 0 saturated carbocycles. The van der Waals surface area contributed by atoms with Crippen LogP contribution in [0.2, 0.25) is 0 Å². The average molecular weight is 274 g/mol. The summed E-state index contributed by atoms with van der Waals surface area (Å²) in [6.45, 7) is 5.84. The Morgan fingerprint density at radius 2 is 1.63 bits per heavy atom. The van der Waals surface area contributed by atoms with Crippen molar-refractivity contribution in [3.05, 3.63) is 0 Å². The lowest BCUT2D eigenvalue weighted by Crippen LogP contribution is -2.42. The van der Waals surface area contributed by atoms with Gasteiger partial charge < -0.3 is 14.6 Å². The van der Waals surface area contributed by atoms with E-state index in [0.29, 0.717) is 6.42 Å². The number of ether oxygens (including phenoxy) is 2.